The second kappa shape index (κ2) is 32.9. The molecule has 17 heteroatoms. The zero-order chi connectivity index (χ0) is 48.5. The molecular formula is C50H78BBr3N2O7S4. The Bertz CT molecular complexity index is 1670. The van der Waals surface area contributed by atoms with Crippen molar-refractivity contribution in [3.8, 4) is 5.75 Å². The highest BCUT2D eigenvalue weighted by Crippen LogP contribution is 2.44. The number of rotatable bonds is 23. The number of likely N-dealkylation sites (N-methyl/N-ethyl adjacent to an activating group) is 2. The zero-order valence-electron chi connectivity index (χ0n) is 40.5. The number of phenolic OH excluding ortho intramolecular Hbond substituents is 1. The number of hydrogen-bond acceptors (Lipinski definition) is 13. The third-order valence-electron chi connectivity index (χ3n) is 13.5. The monoisotopic (exact) mass is 1190 g/mol. The number of aryl methyl sites for hydroxylation is 1. The third-order valence-corrected chi connectivity index (χ3v) is 19.5. The van der Waals surface area contributed by atoms with Crippen LogP contribution in [0.5, 0.6) is 5.75 Å². The van der Waals surface area contributed by atoms with Gasteiger partial charge in [-0.15, -0.1) is 47.3 Å². The lowest BCUT2D eigenvalue weighted by Crippen LogP contribution is -2.45. The van der Waals surface area contributed by atoms with E-state index in [9.17, 15) is 19.8 Å². The van der Waals surface area contributed by atoms with E-state index < -0.39 is 5.60 Å². The number of hydrogen-bond donors (Lipinski definition) is 2. The van der Waals surface area contributed by atoms with Crippen LogP contribution < -0.4 is 0 Å². The Hall–Kier alpha value is -0.0751. The van der Waals surface area contributed by atoms with Gasteiger partial charge in [0.25, 0.3) is 0 Å². The molecule has 2 aliphatic heterocycles. The van der Waals surface area contributed by atoms with Gasteiger partial charge in [-0.05, 0) is 108 Å². The Morgan fingerprint density at radius 2 is 1.13 bits per heavy atom. The number of nitrogens with zero attached hydrogens (tertiary/aromatic N) is 2. The predicted molar refractivity (Wildman–Crippen MR) is 299 cm³/mol. The van der Waals surface area contributed by atoms with Crippen molar-refractivity contribution in [1.82, 2.24) is 9.80 Å². The number of benzene rings is 2. The number of aromatic hydroxyl groups is 1. The van der Waals surface area contributed by atoms with Crippen LogP contribution in [-0.2, 0) is 23.8 Å². The summed E-state index contributed by atoms with van der Waals surface area (Å²) in [5.74, 6) is 2.72. The standard InChI is InChI=1S/C26H41NO3S2.C24H37NO4S2.BBr3/c1-21-11-13-22(14-12-21)24(26(29-3)16-7-4-8-17-26)19-27(2)20-30-25(28)10-6-5-9-23-15-18-31-32-23;1-25(18-29-23(27)8-4-3-7-21-13-16-30-31-21)17-22(19-9-11-20(26)12-10-19)24(28)14-5-2-6-15-24;2-1(3)4/h11-14,23-24H,4-10,15-20H2,1-3H3;9-12,21-22,26,28H,2-8,13-18H2,1H3;/t23-,24?;21-,22?;/m11./s1. The van der Waals surface area contributed by atoms with Gasteiger partial charge in [-0.25, -0.2) is 0 Å². The molecule has 4 fully saturated rings. The van der Waals surface area contributed by atoms with Crippen molar-refractivity contribution < 1.29 is 34.0 Å². The van der Waals surface area contributed by atoms with Gasteiger partial charge in [-0.2, -0.15) is 0 Å². The molecule has 378 valence electrons. The van der Waals surface area contributed by atoms with Crippen molar-refractivity contribution in [3.05, 3.63) is 65.2 Å². The van der Waals surface area contributed by atoms with Crippen molar-refractivity contribution >= 4 is 106 Å². The maximum Gasteiger partial charge on any atom is 0.369 e. The van der Waals surface area contributed by atoms with Crippen molar-refractivity contribution in [2.75, 3.05) is 59.3 Å². The first-order chi connectivity index (χ1) is 32.2. The van der Waals surface area contributed by atoms with Gasteiger partial charge >= 0.3 is 15.1 Å². The summed E-state index contributed by atoms with van der Waals surface area (Å²) in [7, 11) is 13.8. The molecule has 2 N–H and O–H groups in total. The van der Waals surface area contributed by atoms with Crippen molar-refractivity contribution in [1.29, 1.82) is 0 Å². The van der Waals surface area contributed by atoms with E-state index in [1.807, 2.05) is 74.4 Å². The summed E-state index contributed by atoms with van der Waals surface area (Å²) in [6, 6.07) is 16.0. The van der Waals surface area contributed by atoms with Crippen LogP contribution >= 0.6 is 90.4 Å². The van der Waals surface area contributed by atoms with Crippen LogP contribution in [0.25, 0.3) is 0 Å². The van der Waals surface area contributed by atoms with E-state index in [-0.39, 0.29) is 45.0 Å². The summed E-state index contributed by atoms with van der Waals surface area (Å²) in [5, 5.41) is 22.6. The van der Waals surface area contributed by atoms with Crippen molar-refractivity contribution in [3.63, 3.8) is 0 Å². The number of esters is 2. The van der Waals surface area contributed by atoms with Crippen LogP contribution in [0.2, 0.25) is 0 Å². The van der Waals surface area contributed by atoms with Gasteiger partial charge in [0.05, 0.1) is 11.2 Å². The number of unbranched alkanes of at least 4 members (excludes halogenated alkanes) is 2. The van der Waals surface area contributed by atoms with E-state index in [1.165, 1.54) is 67.6 Å². The normalized spacial score (nSPS) is 20.8. The van der Waals surface area contributed by atoms with Crippen LogP contribution in [0.15, 0.2) is 48.5 Å². The first-order valence-corrected chi connectivity index (χ1v) is 32.0. The number of carbonyl (C=O) groups is 2. The largest absolute Gasteiger partial charge is 0.508 e. The Labute approximate surface area is 444 Å². The van der Waals surface area contributed by atoms with E-state index in [4.69, 9.17) is 14.2 Å². The lowest BCUT2D eigenvalue weighted by Gasteiger charge is -2.44. The van der Waals surface area contributed by atoms with Gasteiger partial charge in [0, 0.05) is 66.9 Å². The van der Waals surface area contributed by atoms with E-state index in [0.717, 1.165) is 93.2 Å². The van der Waals surface area contributed by atoms with Crippen molar-refractivity contribution in [2.24, 2.45) is 0 Å². The number of phenols is 1. The molecule has 4 aliphatic rings. The van der Waals surface area contributed by atoms with Crippen LogP contribution in [0, 0.1) is 6.92 Å². The third kappa shape index (κ3) is 22.7. The summed E-state index contributed by atoms with van der Waals surface area (Å²) in [4.78, 5) is 28.6. The minimum atomic E-state index is -0.760. The molecule has 0 bridgehead atoms. The number of carbonyl (C=O) groups excluding carboxylic acids is 2. The topological polar surface area (TPSA) is 109 Å². The van der Waals surface area contributed by atoms with Gasteiger partial charge in [-0.1, -0.05) is 137 Å². The molecule has 2 aliphatic carbocycles. The summed E-state index contributed by atoms with van der Waals surface area (Å²) in [5.41, 5.74) is 2.71. The molecule has 2 saturated carbocycles. The lowest BCUT2D eigenvalue weighted by atomic mass is 9.72. The van der Waals surface area contributed by atoms with Gasteiger partial charge in [0.2, 0.25) is 0 Å². The summed E-state index contributed by atoms with van der Waals surface area (Å²) < 4.78 is 17.6. The maximum atomic E-state index is 12.3. The summed E-state index contributed by atoms with van der Waals surface area (Å²) >= 11 is 9.31. The fourth-order valence-corrected chi connectivity index (χ4v) is 15.7. The first-order valence-electron chi connectivity index (χ1n) is 24.5. The molecule has 4 atom stereocenters. The molecular weight excluding hydrogens is 1120 g/mol. The van der Waals surface area contributed by atoms with E-state index in [0.29, 0.717) is 26.1 Å². The average molecular weight is 1200 g/mol. The minimum absolute atomic E-state index is 0.0729. The predicted octanol–water partition coefficient (Wildman–Crippen LogP) is 14.0. The molecule has 2 aromatic rings. The molecule has 0 amide bonds. The Morgan fingerprint density at radius 1 is 0.701 bits per heavy atom. The first kappa shape index (κ1) is 59.5. The van der Waals surface area contributed by atoms with Gasteiger partial charge in [0.1, 0.15) is 19.2 Å². The number of methoxy groups -OCH3 is 1. The molecule has 2 heterocycles. The molecule has 2 aromatic carbocycles. The quantitative estimate of drug-likeness (QED) is 0.0363. The van der Waals surface area contributed by atoms with Crippen molar-refractivity contribution in [2.45, 2.75) is 169 Å². The van der Waals surface area contributed by atoms with Gasteiger partial charge in [0.15, 0.2) is 0 Å². The summed E-state index contributed by atoms with van der Waals surface area (Å²) in [6.07, 6.45) is 20.7. The number of halogens is 3. The fraction of sp³-hybridized carbons (Fsp3) is 0.720. The van der Waals surface area contributed by atoms with Gasteiger partial charge in [-0.3, -0.25) is 19.4 Å². The minimum Gasteiger partial charge on any atom is -0.508 e. The molecule has 2 unspecified atom stereocenters. The average Bonchev–Trinajstić information content (AvgIpc) is 4.06. The highest BCUT2D eigenvalue weighted by Gasteiger charge is 2.42. The van der Waals surface area contributed by atoms with Crippen LogP contribution in [0.3, 0.4) is 0 Å². The van der Waals surface area contributed by atoms with E-state index in [2.05, 4.69) is 90.4 Å². The maximum absolute atomic E-state index is 12.3. The molecule has 0 radical (unpaired) electrons. The molecule has 2 saturated heterocycles. The molecule has 9 nitrogen and oxygen atoms in total. The fourth-order valence-electron chi connectivity index (χ4n) is 9.67. The highest BCUT2D eigenvalue weighted by molar-refractivity contribution is 9.69. The smallest absolute Gasteiger partial charge is 0.369 e. The zero-order valence-corrected chi connectivity index (χ0v) is 48.5. The second-order valence-corrected chi connectivity index (χ2v) is 30.9. The highest BCUT2D eigenvalue weighted by atomic mass is 79.9. The van der Waals surface area contributed by atoms with E-state index >= 15 is 0 Å². The second-order valence-electron chi connectivity index (χ2n) is 18.9. The van der Waals surface area contributed by atoms with Gasteiger partial charge < -0.3 is 24.4 Å². The van der Waals surface area contributed by atoms with E-state index in [1.54, 1.807) is 12.1 Å². The Kier molecular flexibility index (Phi) is 29.2. The van der Waals surface area contributed by atoms with Crippen LogP contribution in [-0.4, -0.2) is 116 Å². The Balaban J connectivity index is 0.000000271. The van der Waals surface area contributed by atoms with Crippen LogP contribution in [0.4, 0.5) is 0 Å². The molecule has 6 rings (SSSR count). The SMILES string of the molecule is BrB(Br)Br.CN(COC(=O)CCCC[C@@H]1CCSS1)CC(c1ccc(O)cc1)C1(O)CCCCC1.COC1(C(CN(C)COC(=O)CCCC[C@@H]2CCSS2)c2ccc(C)cc2)CCCCC1. The molecule has 0 spiro atoms. The molecule has 0 aromatic heterocycles. The number of aliphatic hydroxyl groups is 1. The molecule has 67 heavy (non-hydrogen) atoms. The summed E-state index contributed by atoms with van der Waals surface area (Å²) in [6.45, 7) is 4.13. The lowest BCUT2D eigenvalue weighted by molar-refractivity contribution is -0.149. The Morgan fingerprint density at radius 3 is 1.58 bits per heavy atom. The number of ether oxygens (including phenoxy) is 3. The van der Waals surface area contributed by atoms with Crippen LogP contribution in [0.1, 0.15) is 157 Å².